The van der Waals surface area contributed by atoms with Crippen LogP contribution < -0.4 is 5.32 Å². The molecular formula is C15H23N3OS. The number of piperidine rings is 1. The zero-order valence-corrected chi connectivity index (χ0v) is 13.1. The van der Waals surface area contributed by atoms with Crippen LogP contribution in [0.5, 0.6) is 0 Å². The zero-order chi connectivity index (χ0) is 14.1. The Morgan fingerprint density at radius 3 is 3.05 bits per heavy atom. The largest absolute Gasteiger partial charge is 0.302 e. The fraction of sp³-hybridized carbons (Fsp3) is 0.733. The Morgan fingerprint density at radius 2 is 2.30 bits per heavy atom. The molecule has 2 aliphatic rings. The van der Waals surface area contributed by atoms with Crippen LogP contribution in [0.25, 0.3) is 0 Å². The van der Waals surface area contributed by atoms with Gasteiger partial charge in [-0.05, 0) is 44.7 Å². The summed E-state index contributed by atoms with van der Waals surface area (Å²) in [6, 6.07) is 0.691. The van der Waals surface area contributed by atoms with Gasteiger partial charge in [-0.15, -0.1) is 11.3 Å². The first-order valence-corrected chi connectivity index (χ1v) is 8.55. The van der Waals surface area contributed by atoms with Gasteiger partial charge in [-0.3, -0.25) is 4.79 Å². The number of likely N-dealkylation sites (N-methyl/N-ethyl adjacent to an activating group) is 1. The Bertz CT molecular complexity index is 499. The highest BCUT2D eigenvalue weighted by Gasteiger charge is 2.36. The number of amides is 1. The van der Waals surface area contributed by atoms with E-state index in [1.165, 1.54) is 30.0 Å². The third-order valence-corrected chi connectivity index (χ3v) is 5.67. The molecule has 110 valence electrons. The van der Waals surface area contributed by atoms with E-state index in [1.807, 2.05) is 6.92 Å². The average molecular weight is 293 g/mol. The molecule has 1 saturated heterocycles. The van der Waals surface area contributed by atoms with Crippen molar-refractivity contribution in [3.8, 4) is 0 Å². The minimum Gasteiger partial charge on any atom is -0.302 e. The number of hydrogen-bond acceptors (Lipinski definition) is 4. The van der Waals surface area contributed by atoms with E-state index in [4.69, 9.17) is 0 Å². The van der Waals surface area contributed by atoms with Gasteiger partial charge < -0.3 is 10.2 Å². The molecule has 4 nitrogen and oxygen atoms in total. The van der Waals surface area contributed by atoms with Crippen LogP contribution in [0, 0.1) is 5.92 Å². The summed E-state index contributed by atoms with van der Waals surface area (Å²) in [4.78, 5) is 20.2. The quantitative estimate of drug-likeness (QED) is 0.932. The van der Waals surface area contributed by atoms with Crippen molar-refractivity contribution in [3.63, 3.8) is 0 Å². The van der Waals surface area contributed by atoms with Gasteiger partial charge in [0.15, 0.2) is 5.13 Å². The fourth-order valence-corrected chi connectivity index (χ4v) is 4.60. The van der Waals surface area contributed by atoms with Gasteiger partial charge in [0, 0.05) is 17.3 Å². The van der Waals surface area contributed by atoms with Crippen molar-refractivity contribution in [1.82, 2.24) is 9.88 Å². The van der Waals surface area contributed by atoms with Gasteiger partial charge in [-0.25, -0.2) is 4.98 Å². The average Bonchev–Trinajstić information content (AvgIpc) is 2.84. The van der Waals surface area contributed by atoms with Gasteiger partial charge >= 0.3 is 0 Å². The van der Waals surface area contributed by atoms with Crippen molar-refractivity contribution in [2.75, 3.05) is 18.4 Å². The van der Waals surface area contributed by atoms with Crippen molar-refractivity contribution < 1.29 is 4.79 Å². The van der Waals surface area contributed by atoms with Crippen molar-refractivity contribution in [1.29, 1.82) is 0 Å². The van der Waals surface area contributed by atoms with Gasteiger partial charge in [0.2, 0.25) is 5.91 Å². The molecule has 1 aromatic rings. The van der Waals surface area contributed by atoms with Crippen molar-refractivity contribution in [2.24, 2.45) is 5.92 Å². The van der Waals surface area contributed by atoms with E-state index in [-0.39, 0.29) is 5.91 Å². The highest BCUT2D eigenvalue weighted by Crippen LogP contribution is 2.38. The lowest BCUT2D eigenvalue weighted by Crippen LogP contribution is -2.48. The molecule has 1 N–H and O–H groups in total. The van der Waals surface area contributed by atoms with Crippen LogP contribution in [0.4, 0.5) is 5.13 Å². The van der Waals surface area contributed by atoms with Crippen molar-refractivity contribution in [3.05, 3.63) is 10.6 Å². The molecule has 1 aromatic heterocycles. The Kier molecular flexibility index (Phi) is 4.08. The smallest absolute Gasteiger partial charge is 0.225 e. The number of carbonyl (C=O) groups excluding carboxylic acids is 1. The number of anilines is 1. The van der Waals surface area contributed by atoms with Gasteiger partial charge in [0.1, 0.15) is 0 Å². The minimum absolute atomic E-state index is 0.0590. The van der Waals surface area contributed by atoms with E-state index in [1.54, 1.807) is 11.3 Å². The first-order valence-electron chi connectivity index (χ1n) is 7.73. The van der Waals surface area contributed by atoms with E-state index in [2.05, 4.69) is 22.1 Å². The van der Waals surface area contributed by atoms with Crippen LogP contribution >= 0.6 is 11.3 Å². The van der Waals surface area contributed by atoms with Crippen LogP contribution in [-0.4, -0.2) is 34.9 Å². The third kappa shape index (κ3) is 2.61. The molecule has 0 aromatic carbocycles. The summed E-state index contributed by atoms with van der Waals surface area (Å²) in [6.07, 6.45) is 5.37. The van der Waals surface area contributed by atoms with Gasteiger partial charge in [0.05, 0.1) is 5.69 Å². The van der Waals surface area contributed by atoms with Crippen LogP contribution in [0.15, 0.2) is 0 Å². The molecule has 1 amide bonds. The summed E-state index contributed by atoms with van der Waals surface area (Å²) in [5.74, 6) is 0.816. The molecule has 3 rings (SSSR count). The Balaban J connectivity index is 1.78. The lowest BCUT2D eigenvalue weighted by molar-refractivity contribution is -0.115. The molecule has 0 bridgehead atoms. The molecule has 1 aliphatic carbocycles. The maximum absolute atomic E-state index is 11.5. The molecule has 2 heterocycles. The molecule has 0 saturated carbocycles. The maximum Gasteiger partial charge on any atom is 0.225 e. The number of hydrogen-bond donors (Lipinski definition) is 1. The summed E-state index contributed by atoms with van der Waals surface area (Å²) < 4.78 is 0. The third-order valence-electron chi connectivity index (χ3n) is 4.64. The van der Waals surface area contributed by atoms with Crippen LogP contribution in [0.1, 0.15) is 43.7 Å². The number of aromatic nitrogens is 1. The van der Waals surface area contributed by atoms with E-state index in [0.717, 1.165) is 30.4 Å². The Hall–Kier alpha value is -0.940. The second kappa shape index (κ2) is 5.82. The highest BCUT2D eigenvalue weighted by molar-refractivity contribution is 7.15. The molecule has 0 radical (unpaired) electrons. The lowest BCUT2D eigenvalue weighted by Gasteiger charge is -2.43. The van der Waals surface area contributed by atoms with Crippen molar-refractivity contribution in [2.45, 2.75) is 52.0 Å². The zero-order valence-electron chi connectivity index (χ0n) is 12.3. The SMILES string of the molecule is CCC(=O)Nc1nc2c(s1)C[C@@H]1[C@H](CCCN1CC)C2. The number of fused-ring (bicyclic) bond motifs is 2. The number of likely N-dealkylation sites (tertiary alicyclic amines) is 1. The van der Waals surface area contributed by atoms with Crippen molar-refractivity contribution >= 4 is 22.4 Å². The molecule has 2 atom stereocenters. The number of nitrogens with one attached hydrogen (secondary N) is 1. The predicted octanol–water partition coefficient (Wildman–Crippen LogP) is 2.69. The summed E-state index contributed by atoms with van der Waals surface area (Å²) in [6.45, 7) is 6.52. The standard InChI is InChI=1S/C15H23N3OS/c1-3-14(19)17-15-16-11-8-10-6-5-7-18(4-2)12(10)9-13(11)20-15/h10,12H,3-9H2,1-2H3,(H,16,17,19)/t10-,12-/m1/s1. The molecule has 1 aliphatic heterocycles. The van der Waals surface area contributed by atoms with Crippen LogP contribution in [0.3, 0.4) is 0 Å². The monoisotopic (exact) mass is 293 g/mol. The van der Waals surface area contributed by atoms with E-state index in [0.29, 0.717) is 12.5 Å². The van der Waals surface area contributed by atoms with Gasteiger partial charge in [0.25, 0.3) is 0 Å². The molecule has 5 heteroatoms. The number of nitrogens with zero attached hydrogens (tertiary/aromatic N) is 2. The maximum atomic E-state index is 11.5. The molecular weight excluding hydrogens is 270 g/mol. The summed E-state index contributed by atoms with van der Waals surface area (Å²) in [7, 11) is 0. The Morgan fingerprint density at radius 1 is 1.45 bits per heavy atom. The van der Waals surface area contributed by atoms with E-state index < -0.39 is 0 Å². The predicted molar refractivity (Wildman–Crippen MR) is 82.2 cm³/mol. The Labute approximate surface area is 124 Å². The molecule has 1 fully saturated rings. The fourth-order valence-electron chi connectivity index (χ4n) is 3.54. The number of thiazole rings is 1. The normalized spacial score (nSPS) is 25.9. The van der Waals surface area contributed by atoms with Gasteiger partial charge in [-0.2, -0.15) is 0 Å². The highest BCUT2D eigenvalue weighted by atomic mass is 32.1. The second-order valence-electron chi connectivity index (χ2n) is 5.80. The molecule has 20 heavy (non-hydrogen) atoms. The minimum atomic E-state index is 0.0590. The second-order valence-corrected chi connectivity index (χ2v) is 6.88. The molecule has 0 unspecified atom stereocenters. The number of rotatable bonds is 3. The molecule has 0 spiro atoms. The van der Waals surface area contributed by atoms with Crippen LogP contribution in [-0.2, 0) is 17.6 Å². The lowest BCUT2D eigenvalue weighted by atomic mass is 9.79. The van der Waals surface area contributed by atoms with Gasteiger partial charge in [-0.1, -0.05) is 13.8 Å². The number of carbonyl (C=O) groups is 1. The van der Waals surface area contributed by atoms with E-state index in [9.17, 15) is 4.79 Å². The van der Waals surface area contributed by atoms with Crippen LogP contribution in [0.2, 0.25) is 0 Å². The summed E-state index contributed by atoms with van der Waals surface area (Å²) in [5, 5.41) is 3.71. The summed E-state index contributed by atoms with van der Waals surface area (Å²) >= 11 is 1.68. The van der Waals surface area contributed by atoms with E-state index >= 15 is 0 Å². The first kappa shape index (κ1) is 14.0. The topological polar surface area (TPSA) is 45.2 Å². The summed E-state index contributed by atoms with van der Waals surface area (Å²) in [5.41, 5.74) is 1.24. The first-order chi connectivity index (χ1) is 9.71.